The van der Waals surface area contributed by atoms with Gasteiger partial charge in [-0.1, -0.05) is 48.5 Å². The zero-order valence-corrected chi connectivity index (χ0v) is 20.6. The Morgan fingerprint density at radius 3 is 1.35 bits per heavy atom. The molecule has 2 heterocycles. The number of fused-ring (bicyclic) bond motifs is 2. The molecule has 0 N–H and O–H groups in total. The van der Waals surface area contributed by atoms with Crippen LogP contribution < -0.4 is 48.0 Å². The Morgan fingerprint density at radius 2 is 0.962 bits per heavy atom. The molecule has 2 aliphatic rings. The molecular weight excluding hydrogens is 546 g/mol. The molecule has 2 aromatic carbocycles. The van der Waals surface area contributed by atoms with Crippen molar-refractivity contribution in [1.29, 1.82) is 0 Å². The lowest BCUT2D eigenvalue weighted by molar-refractivity contribution is -0.994. The van der Waals surface area contributed by atoms with Gasteiger partial charge in [0.15, 0.2) is 12.1 Å². The maximum Gasteiger partial charge on any atom is 0.172 e. The second-order valence-corrected chi connectivity index (χ2v) is 8.79. The highest BCUT2D eigenvalue weighted by molar-refractivity contribution is 5.37. The molecule has 0 aliphatic carbocycles. The highest BCUT2D eigenvalue weighted by atomic mass is 127. The average molecular weight is 576 g/mol. The second-order valence-electron chi connectivity index (χ2n) is 8.79. The number of quaternary nitrogens is 2. The van der Waals surface area contributed by atoms with Gasteiger partial charge in [-0.2, -0.15) is 0 Å². The Morgan fingerprint density at radius 1 is 0.615 bits per heavy atom. The van der Waals surface area contributed by atoms with E-state index in [-0.39, 0.29) is 48.0 Å². The van der Waals surface area contributed by atoms with Crippen LogP contribution in [0.2, 0.25) is 0 Å². The minimum absolute atomic E-state index is 0. The molecule has 4 rings (SSSR count). The molecular formula is C22H30I2N2. The molecule has 0 saturated carbocycles. The van der Waals surface area contributed by atoms with Gasteiger partial charge in [0.25, 0.3) is 0 Å². The predicted octanol–water partition coefficient (Wildman–Crippen LogP) is -2.26. The van der Waals surface area contributed by atoms with Gasteiger partial charge in [0, 0.05) is 24.0 Å². The lowest BCUT2D eigenvalue weighted by Crippen LogP contribution is -3.00. The van der Waals surface area contributed by atoms with Crippen molar-refractivity contribution in [2.45, 2.75) is 24.9 Å². The lowest BCUT2D eigenvalue weighted by Gasteiger charge is -2.52. The average Bonchev–Trinajstić information content (AvgIpc) is 2.55. The van der Waals surface area contributed by atoms with Gasteiger partial charge in [-0.05, 0) is 11.1 Å². The van der Waals surface area contributed by atoms with Gasteiger partial charge in [0.1, 0.15) is 0 Å². The molecule has 0 saturated heterocycles. The lowest BCUT2D eigenvalue weighted by atomic mass is 9.79. The first-order chi connectivity index (χ1) is 11.4. The van der Waals surface area contributed by atoms with Crippen molar-refractivity contribution >= 4 is 0 Å². The molecule has 0 amide bonds. The van der Waals surface area contributed by atoms with E-state index >= 15 is 0 Å². The summed E-state index contributed by atoms with van der Waals surface area (Å²) in [6.07, 6.45) is 2.39. The van der Waals surface area contributed by atoms with Crippen molar-refractivity contribution in [3.05, 3.63) is 70.8 Å². The summed E-state index contributed by atoms with van der Waals surface area (Å²) in [5.41, 5.74) is 6.26. The minimum atomic E-state index is 0. The van der Waals surface area contributed by atoms with Crippen molar-refractivity contribution in [2.75, 3.05) is 41.3 Å². The first kappa shape index (κ1) is 22.1. The van der Waals surface area contributed by atoms with Crippen molar-refractivity contribution in [3.8, 4) is 0 Å². The summed E-state index contributed by atoms with van der Waals surface area (Å²) < 4.78 is 2.16. The van der Waals surface area contributed by atoms with E-state index in [1.54, 1.807) is 22.3 Å². The zero-order chi connectivity index (χ0) is 16.9. The third-order valence-corrected chi connectivity index (χ3v) is 6.47. The molecule has 2 nitrogen and oxygen atoms in total. The molecule has 142 valence electrons. The summed E-state index contributed by atoms with van der Waals surface area (Å²) in [5.74, 6) is 0. The van der Waals surface area contributed by atoms with Crippen LogP contribution in [0.1, 0.15) is 34.3 Å². The number of halogens is 2. The van der Waals surface area contributed by atoms with Crippen molar-refractivity contribution in [2.24, 2.45) is 0 Å². The van der Waals surface area contributed by atoms with E-state index in [0.717, 1.165) is 8.97 Å². The molecule has 2 atom stereocenters. The molecule has 4 heteroatoms. The highest BCUT2D eigenvalue weighted by Gasteiger charge is 2.51. The van der Waals surface area contributed by atoms with Crippen LogP contribution in [0.4, 0.5) is 0 Å². The largest absolute Gasteiger partial charge is 1.00 e. The maximum absolute atomic E-state index is 2.43. The van der Waals surface area contributed by atoms with Gasteiger partial charge in [-0.3, -0.25) is 0 Å². The number of nitrogens with zero attached hydrogens (tertiary/aromatic N) is 2. The predicted molar refractivity (Wildman–Crippen MR) is 99.7 cm³/mol. The summed E-state index contributed by atoms with van der Waals surface area (Å²) in [5, 5.41) is 0. The zero-order valence-electron chi connectivity index (χ0n) is 16.3. The van der Waals surface area contributed by atoms with E-state index in [2.05, 4.69) is 76.7 Å². The van der Waals surface area contributed by atoms with Crippen LogP contribution in [-0.4, -0.2) is 50.2 Å². The highest BCUT2D eigenvalue weighted by Crippen LogP contribution is 2.49. The Bertz CT molecular complexity index is 705. The van der Waals surface area contributed by atoms with E-state index in [1.165, 1.54) is 25.9 Å². The fraction of sp³-hybridized carbons (Fsp3) is 0.455. The van der Waals surface area contributed by atoms with E-state index in [9.17, 15) is 0 Å². The van der Waals surface area contributed by atoms with E-state index in [4.69, 9.17) is 0 Å². The van der Waals surface area contributed by atoms with E-state index in [0.29, 0.717) is 12.1 Å². The summed E-state index contributed by atoms with van der Waals surface area (Å²) in [4.78, 5) is 0. The van der Waals surface area contributed by atoms with Crippen molar-refractivity contribution in [1.82, 2.24) is 0 Å². The third kappa shape index (κ3) is 3.71. The molecule has 0 aromatic heterocycles. The fourth-order valence-corrected chi connectivity index (χ4v) is 5.05. The van der Waals surface area contributed by atoms with Crippen molar-refractivity contribution < 1.29 is 56.9 Å². The Labute approximate surface area is 192 Å². The SMILES string of the molecule is C[N+]1(C)CCc2ccccc2[C@@H]1[C@H]1c2ccccc2CC[N+]1(C)C.[I-].[I-]. The Hall–Kier alpha value is -0.180. The van der Waals surface area contributed by atoms with E-state index in [1.807, 2.05) is 0 Å². The van der Waals surface area contributed by atoms with Crippen LogP contribution in [0.25, 0.3) is 0 Å². The fourth-order valence-electron chi connectivity index (χ4n) is 5.05. The summed E-state index contributed by atoms with van der Waals surface area (Å²) in [6, 6.07) is 19.4. The van der Waals surface area contributed by atoms with Crippen LogP contribution in [0.3, 0.4) is 0 Å². The molecule has 0 spiro atoms. The monoisotopic (exact) mass is 576 g/mol. The van der Waals surface area contributed by atoms with Gasteiger partial charge in [-0.15, -0.1) is 0 Å². The van der Waals surface area contributed by atoms with E-state index < -0.39 is 0 Å². The van der Waals surface area contributed by atoms with Crippen molar-refractivity contribution in [3.63, 3.8) is 0 Å². The molecule has 0 unspecified atom stereocenters. The second kappa shape index (κ2) is 8.05. The van der Waals surface area contributed by atoms with Gasteiger partial charge in [-0.25, -0.2) is 0 Å². The number of hydrogen-bond acceptors (Lipinski definition) is 0. The summed E-state index contributed by atoms with van der Waals surface area (Å²) in [6.45, 7) is 2.45. The first-order valence-electron chi connectivity index (χ1n) is 9.21. The topological polar surface area (TPSA) is 0 Å². The molecule has 0 radical (unpaired) electrons. The first-order valence-corrected chi connectivity index (χ1v) is 9.21. The summed E-state index contributed by atoms with van der Waals surface area (Å²) >= 11 is 0. The Balaban J connectivity index is 0.00000121. The Kier molecular flexibility index (Phi) is 6.85. The van der Waals surface area contributed by atoms with Crippen LogP contribution in [0.15, 0.2) is 48.5 Å². The smallest absolute Gasteiger partial charge is 0.172 e. The maximum atomic E-state index is 2.43. The number of hydrogen-bond donors (Lipinski definition) is 0. The van der Waals surface area contributed by atoms with Gasteiger partial charge in [0.2, 0.25) is 0 Å². The van der Waals surface area contributed by atoms with Gasteiger partial charge >= 0.3 is 0 Å². The molecule has 0 bridgehead atoms. The number of likely N-dealkylation sites (N-methyl/N-ethyl adjacent to an activating group) is 2. The molecule has 2 aromatic rings. The third-order valence-electron chi connectivity index (χ3n) is 6.47. The molecule has 26 heavy (non-hydrogen) atoms. The van der Waals surface area contributed by atoms with Crippen LogP contribution >= 0.6 is 0 Å². The van der Waals surface area contributed by atoms with Gasteiger partial charge < -0.3 is 56.9 Å². The number of rotatable bonds is 1. The van der Waals surface area contributed by atoms with Gasteiger partial charge in [0.05, 0.1) is 41.3 Å². The standard InChI is InChI=1S/C22H30N2.2HI/c1-23(2)15-13-17-9-5-7-11-19(17)21(23)22-20-12-8-6-10-18(20)14-16-24(22,3)4;;/h5-12,21-22H,13-16H2,1-4H3;2*1H/q+2;;/p-2/t21-,22-;;/m1../s1. The molecule has 0 fully saturated rings. The molecule has 2 aliphatic heterocycles. The van der Waals surface area contributed by atoms with Crippen LogP contribution in [0, 0.1) is 0 Å². The quantitative estimate of drug-likeness (QED) is 0.266. The van der Waals surface area contributed by atoms with Crippen LogP contribution in [-0.2, 0) is 12.8 Å². The normalized spacial score (nSPS) is 25.1. The van der Waals surface area contributed by atoms with Crippen LogP contribution in [0.5, 0.6) is 0 Å². The number of benzene rings is 2. The summed E-state index contributed by atoms with van der Waals surface area (Å²) in [7, 11) is 9.71. The minimum Gasteiger partial charge on any atom is -1.00 e.